The Morgan fingerprint density at radius 1 is 1.12 bits per heavy atom. The molecule has 33 heavy (non-hydrogen) atoms. The third kappa shape index (κ3) is 7.43. The maximum atomic E-state index is 13.7. The number of sulfonamides is 1. The van der Waals surface area contributed by atoms with Gasteiger partial charge in [-0.05, 0) is 50.1 Å². The smallest absolute Gasteiger partial charge is 0.244 e. The van der Waals surface area contributed by atoms with Crippen molar-refractivity contribution in [3.05, 3.63) is 64.9 Å². The van der Waals surface area contributed by atoms with Gasteiger partial charge in [-0.3, -0.25) is 13.9 Å². The van der Waals surface area contributed by atoms with E-state index in [4.69, 9.17) is 11.6 Å². The number of carbonyl (C=O) groups excluding carboxylic acids is 2. The molecule has 0 heterocycles. The minimum atomic E-state index is -3.92. The zero-order valence-electron chi connectivity index (χ0n) is 19.1. The van der Waals surface area contributed by atoms with Gasteiger partial charge < -0.3 is 10.2 Å². The van der Waals surface area contributed by atoms with Crippen LogP contribution in [0, 0.1) is 5.82 Å². The molecule has 0 aliphatic rings. The maximum Gasteiger partial charge on any atom is 0.244 e. The van der Waals surface area contributed by atoms with Gasteiger partial charge in [0, 0.05) is 17.6 Å². The van der Waals surface area contributed by atoms with E-state index < -0.39 is 34.3 Å². The quantitative estimate of drug-likeness (QED) is 0.543. The fraction of sp³-hybridized carbons (Fsp3) is 0.391. The van der Waals surface area contributed by atoms with Crippen molar-refractivity contribution in [1.82, 2.24) is 10.2 Å². The van der Waals surface area contributed by atoms with Gasteiger partial charge in [-0.2, -0.15) is 0 Å². The Bertz CT molecular complexity index is 1100. The van der Waals surface area contributed by atoms with Crippen LogP contribution >= 0.6 is 11.6 Å². The number of anilines is 1. The SMILES string of the molecule is CC[C@H](C)NC(=O)[C@@H](C)N(Cc1ccccc1Cl)C(=O)CN(c1cccc(F)c1)S(C)(=O)=O. The summed E-state index contributed by atoms with van der Waals surface area (Å²) in [6.45, 7) is 4.73. The summed E-state index contributed by atoms with van der Waals surface area (Å²) < 4.78 is 39.4. The van der Waals surface area contributed by atoms with Gasteiger partial charge in [-0.15, -0.1) is 0 Å². The van der Waals surface area contributed by atoms with E-state index in [9.17, 15) is 22.4 Å². The lowest BCUT2D eigenvalue weighted by Gasteiger charge is -2.32. The van der Waals surface area contributed by atoms with Crippen molar-refractivity contribution in [1.29, 1.82) is 0 Å². The predicted octanol–water partition coefficient (Wildman–Crippen LogP) is 3.58. The third-order valence-corrected chi connectivity index (χ3v) is 6.75. The molecule has 0 aromatic heterocycles. The monoisotopic (exact) mass is 497 g/mol. The lowest BCUT2D eigenvalue weighted by molar-refractivity contribution is -0.139. The van der Waals surface area contributed by atoms with Crippen molar-refractivity contribution in [3.8, 4) is 0 Å². The van der Waals surface area contributed by atoms with Crippen LogP contribution in [0.4, 0.5) is 10.1 Å². The van der Waals surface area contributed by atoms with Crippen LogP contribution in [0.2, 0.25) is 5.02 Å². The van der Waals surface area contributed by atoms with Crippen LogP contribution in [0.25, 0.3) is 0 Å². The molecule has 2 aromatic carbocycles. The number of nitrogens with one attached hydrogen (secondary N) is 1. The molecule has 10 heteroatoms. The largest absolute Gasteiger partial charge is 0.352 e. The molecule has 0 radical (unpaired) electrons. The van der Waals surface area contributed by atoms with Gasteiger partial charge in [0.1, 0.15) is 18.4 Å². The van der Waals surface area contributed by atoms with Crippen molar-refractivity contribution in [2.24, 2.45) is 0 Å². The molecule has 0 fully saturated rings. The number of benzene rings is 2. The van der Waals surface area contributed by atoms with Crippen LogP contribution in [0.3, 0.4) is 0 Å². The van der Waals surface area contributed by atoms with Crippen LogP contribution in [-0.2, 0) is 26.2 Å². The van der Waals surface area contributed by atoms with Crippen LogP contribution in [0.15, 0.2) is 48.5 Å². The molecule has 180 valence electrons. The van der Waals surface area contributed by atoms with E-state index in [1.165, 1.54) is 23.1 Å². The van der Waals surface area contributed by atoms with Crippen LogP contribution in [0.5, 0.6) is 0 Å². The van der Waals surface area contributed by atoms with Gasteiger partial charge in [0.25, 0.3) is 0 Å². The highest BCUT2D eigenvalue weighted by molar-refractivity contribution is 7.92. The molecule has 0 saturated heterocycles. The summed E-state index contributed by atoms with van der Waals surface area (Å²) in [5.74, 6) is -1.64. The lowest BCUT2D eigenvalue weighted by atomic mass is 10.1. The van der Waals surface area contributed by atoms with E-state index in [-0.39, 0.29) is 24.2 Å². The van der Waals surface area contributed by atoms with E-state index >= 15 is 0 Å². The summed E-state index contributed by atoms with van der Waals surface area (Å²) in [6.07, 6.45) is 1.64. The van der Waals surface area contributed by atoms with E-state index in [1.54, 1.807) is 31.2 Å². The molecule has 0 aliphatic carbocycles. The number of nitrogens with zero attached hydrogens (tertiary/aromatic N) is 2. The van der Waals surface area contributed by atoms with Gasteiger partial charge in [-0.1, -0.05) is 42.8 Å². The number of carbonyl (C=O) groups is 2. The molecule has 1 N–H and O–H groups in total. The predicted molar refractivity (Wildman–Crippen MR) is 128 cm³/mol. The minimum Gasteiger partial charge on any atom is -0.352 e. The highest BCUT2D eigenvalue weighted by Crippen LogP contribution is 2.22. The highest BCUT2D eigenvalue weighted by atomic mass is 35.5. The summed E-state index contributed by atoms with van der Waals surface area (Å²) in [5.41, 5.74) is 0.618. The Morgan fingerprint density at radius 3 is 2.36 bits per heavy atom. The van der Waals surface area contributed by atoms with Gasteiger partial charge in [0.2, 0.25) is 21.8 Å². The van der Waals surface area contributed by atoms with Crippen molar-refractivity contribution in [2.75, 3.05) is 17.1 Å². The molecule has 7 nitrogen and oxygen atoms in total. The van der Waals surface area contributed by atoms with Crippen LogP contribution in [-0.4, -0.2) is 50.0 Å². The standard InChI is InChI=1S/C23H29ClFN3O4S/c1-5-16(2)26-23(30)17(3)27(14-18-9-6-7-12-21(18)24)22(29)15-28(33(4,31)32)20-11-8-10-19(25)13-20/h6-13,16-17H,5,14-15H2,1-4H3,(H,26,30)/t16-,17+/m0/s1. The second-order valence-corrected chi connectivity index (χ2v) is 10.2. The summed E-state index contributed by atoms with van der Waals surface area (Å²) in [7, 11) is -3.92. The lowest BCUT2D eigenvalue weighted by Crippen LogP contribution is -2.52. The number of halogens is 2. The molecule has 2 atom stereocenters. The Labute approximate surface area is 199 Å². The molecular weight excluding hydrogens is 469 g/mol. The highest BCUT2D eigenvalue weighted by Gasteiger charge is 2.30. The van der Waals surface area contributed by atoms with Crippen LogP contribution in [0.1, 0.15) is 32.8 Å². The van der Waals surface area contributed by atoms with Gasteiger partial charge in [-0.25, -0.2) is 12.8 Å². The Morgan fingerprint density at radius 2 is 1.79 bits per heavy atom. The van der Waals surface area contributed by atoms with Crippen molar-refractivity contribution >= 4 is 39.1 Å². The van der Waals surface area contributed by atoms with E-state index in [0.717, 1.165) is 16.6 Å². The van der Waals surface area contributed by atoms with E-state index in [0.29, 0.717) is 17.0 Å². The van der Waals surface area contributed by atoms with E-state index in [1.807, 2.05) is 13.8 Å². The fourth-order valence-electron chi connectivity index (χ4n) is 3.10. The Balaban J connectivity index is 2.40. The first-order valence-corrected chi connectivity index (χ1v) is 12.7. The first-order chi connectivity index (χ1) is 15.4. The van der Waals surface area contributed by atoms with E-state index in [2.05, 4.69) is 5.32 Å². The molecule has 0 unspecified atom stereocenters. The Hall–Kier alpha value is -2.65. The van der Waals surface area contributed by atoms with Gasteiger partial charge in [0.05, 0.1) is 11.9 Å². The van der Waals surface area contributed by atoms with Crippen LogP contribution < -0.4 is 9.62 Å². The molecule has 0 aliphatic heterocycles. The molecule has 0 bridgehead atoms. The molecular formula is C23H29ClFN3O4S. The number of hydrogen-bond donors (Lipinski definition) is 1. The first-order valence-electron chi connectivity index (χ1n) is 10.5. The molecule has 2 rings (SSSR count). The van der Waals surface area contributed by atoms with Crippen molar-refractivity contribution in [2.45, 2.75) is 45.8 Å². The summed E-state index contributed by atoms with van der Waals surface area (Å²) in [6, 6.07) is 10.8. The van der Waals surface area contributed by atoms with Crippen molar-refractivity contribution in [3.63, 3.8) is 0 Å². The number of hydrogen-bond acceptors (Lipinski definition) is 4. The molecule has 2 aromatic rings. The average molecular weight is 498 g/mol. The first kappa shape index (κ1) is 26.6. The molecule has 2 amide bonds. The van der Waals surface area contributed by atoms with Gasteiger partial charge >= 0.3 is 0 Å². The normalized spacial score (nSPS) is 13.2. The fourth-order valence-corrected chi connectivity index (χ4v) is 4.14. The summed E-state index contributed by atoms with van der Waals surface area (Å²) >= 11 is 6.27. The molecule has 0 saturated carbocycles. The Kier molecular flexibility index (Phi) is 9.25. The maximum absolute atomic E-state index is 13.7. The van der Waals surface area contributed by atoms with Crippen molar-refractivity contribution < 1.29 is 22.4 Å². The number of amides is 2. The average Bonchev–Trinajstić information content (AvgIpc) is 2.75. The zero-order valence-corrected chi connectivity index (χ0v) is 20.7. The second-order valence-electron chi connectivity index (χ2n) is 7.86. The minimum absolute atomic E-state index is 0.00560. The zero-order chi connectivity index (χ0) is 24.8. The topological polar surface area (TPSA) is 86.8 Å². The molecule has 0 spiro atoms. The summed E-state index contributed by atoms with van der Waals surface area (Å²) in [5, 5.41) is 3.25. The third-order valence-electron chi connectivity index (χ3n) is 5.24. The number of rotatable bonds is 10. The summed E-state index contributed by atoms with van der Waals surface area (Å²) in [4.78, 5) is 27.5. The van der Waals surface area contributed by atoms with Gasteiger partial charge in [0.15, 0.2) is 0 Å². The second kappa shape index (κ2) is 11.5.